The number of benzene rings is 1. The minimum absolute atomic E-state index is 0.00783. The van der Waals surface area contributed by atoms with Gasteiger partial charge in [-0.25, -0.2) is 13.2 Å². The fourth-order valence-corrected chi connectivity index (χ4v) is 4.29. The number of amides is 2. The summed E-state index contributed by atoms with van der Waals surface area (Å²) in [7, 11) is 0.732. The largest absolute Gasteiger partial charge is 0.508 e. The van der Waals surface area contributed by atoms with Crippen molar-refractivity contribution in [3.8, 4) is 5.75 Å². The van der Waals surface area contributed by atoms with Gasteiger partial charge in [0.2, 0.25) is 0 Å². The van der Waals surface area contributed by atoms with Crippen LogP contribution in [0.5, 0.6) is 5.75 Å². The van der Waals surface area contributed by atoms with Crippen molar-refractivity contribution in [3.63, 3.8) is 0 Å². The third kappa shape index (κ3) is 5.11. The number of phenolic OH excluding ortho intramolecular Hbond substituents is 1. The second kappa shape index (κ2) is 7.18. The number of carbonyl (C=O) groups excluding carboxylic acids is 1. The van der Waals surface area contributed by atoms with Crippen molar-refractivity contribution in [2.75, 3.05) is 44.0 Å². The second-order valence-corrected chi connectivity index (χ2v) is 8.26. The normalized spacial score (nSPS) is 19.7. The number of nitrogens with one attached hydrogen (secondary N) is 1. The van der Waals surface area contributed by atoms with Crippen molar-refractivity contribution in [1.29, 1.82) is 0 Å². The number of urea groups is 1. The predicted molar refractivity (Wildman–Crippen MR) is 89.4 cm³/mol. The van der Waals surface area contributed by atoms with E-state index in [9.17, 15) is 18.3 Å². The third-order valence-electron chi connectivity index (χ3n) is 3.80. The molecule has 1 aromatic carbocycles. The third-order valence-corrected chi connectivity index (χ3v) is 5.55. The number of rotatable bonds is 5. The molecule has 1 atom stereocenters. The van der Waals surface area contributed by atoms with E-state index in [1.807, 2.05) is 19.0 Å². The second-order valence-electron chi connectivity index (χ2n) is 6.03. The summed E-state index contributed by atoms with van der Waals surface area (Å²) in [5.41, 5.74) is 0.478. The highest BCUT2D eigenvalue weighted by atomic mass is 32.2. The van der Waals surface area contributed by atoms with Crippen LogP contribution in [-0.2, 0) is 9.84 Å². The summed E-state index contributed by atoms with van der Waals surface area (Å²) < 4.78 is 23.4. The molecule has 0 aromatic heterocycles. The molecule has 0 aliphatic carbocycles. The molecule has 128 valence electrons. The first-order chi connectivity index (χ1) is 10.8. The van der Waals surface area contributed by atoms with Gasteiger partial charge in [0, 0.05) is 30.9 Å². The molecule has 1 fully saturated rings. The van der Waals surface area contributed by atoms with Crippen molar-refractivity contribution in [2.45, 2.75) is 12.5 Å². The van der Waals surface area contributed by atoms with E-state index in [0.29, 0.717) is 25.2 Å². The highest BCUT2D eigenvalue weighted by molar-refractivity contribution is 7.91. The number of hydrogen-bond acceptors (Lipinski definition) is 5. The lowest BCUT2D eigenvalue weighted by molar-refractivity contribution is 0.186. The highest BCUT2D eigenvalue weighted by Gasteiger charge is 2.34. The van der Waals surface area contributed by atoms with Crippen molar-refractivity contribution in [2.24, 2.45) is 0 Å². The van der Waals surface area contributed by atoms with Gasteiger partial charge >= 0.3 is 6.03 Å². The standard InChI is InChI=1S/C15H23N3O4S/c1-17(2)7-8-18(13-6-9-23(21,22)11-13)15(20)16-12-4-3-5-14(19)10-12/h3-5,10,13,19H,6-9,11H2,1-2H3,(H,16,20). The molecule has 2 amide bonds. The first-order valence-corrected chi connectivity index (χ1v) is 9.31. The van der Waals surface area contributed by atoms with E-state index in [2.05, 4.69) is 5.32 Å². The zero-order valence-corrected chi connectivity index (χ0v) is 14.2. The molecular formula is C15H23N3O4S. The topological polar surface area (TPSA) is 89.9 Å². The molecule has 8 heteroatoms. The van der Waals surface area contributed by atoms with Gasteiger partial charge in [0.15, 0.2) is 9.84 Å². The van der Waals surface area contributed by atoms with Crippen molar-refractivity contribution < 1.29 is 18.3 Å². The lowest BCUT2D eigenvalue weighted by Gasteiger charge is -2.29. The Balaban J connectivity index is 2.10. The maximum absolute atomic E-state index is 12.6. The average molecular weight is 341 g/mol. The molecule has 2 rings (SSSR count). The number of carbonyl (C=O) groups is 1. The van der Waals surface area contributed by atoms with E-state index in [-0.39, 0.29) is 29.3 Å². The smallest absolute Gasteiger partial charge is 0.322 e. The first kappa shape index (κ1) is 17.6. The number of hydrogen-bond donors (Lipinski definition) is 2. The van der Waals surface area contributed by atoms with Crippen molar-refractivity contribution in [3.05, 3.63) is 24.3 Å². The number of phenols is 1. The summed E-state index contributed by atoms with van der Waals surface area (Å²) in [6, 6.07) is 5.62. The lowest BCUT2D eigenvalue weighted by atomic mass is 10.2. The molecule has 1 aliphatic rings. The average Bonchev–Trinajstić information content (AvgIpc) is 2.78. The lowest BCUT2D eigenvalue weighted by Crippen LogP contribution is -2.46. The zero-order valence-electron chi connectivity index (χ0n) is 13.4. The molecule has 0 spiro atoms. The molecule has 0 radical (unpaired) electrons. The number of aromatic hydroxyl groups is 1. The first-order valence-electron chi connectivity index (χ1n) is 7.48. The van der Waals surface area contributed by atoms with Crippen LogP contribution in [0.4, 0.5) is 10.5 Å². The fraction of sp³-hybridized carbons (Fsp3) is 0.533. The number of sulfone groups is 1. The van der Waals surface area contributed by atoms with Gasteiger partial charge in [-0.2, -0.15) is 0 Å². The predicted octanol–water partition coefficient (Wildman–Crippen LogP) is 0.975. The van der Waals surface area contributed by atoms with Crippen LogP contribution in [0, 0.1) is 0 Å². The van der Waals surface area contributed by atoms with Crippen molar-refractivity contribution in [1.82, 2.24) is 9.80 Å². The molecule has 1 unspecified atom stereocenters. The molecule has 0 saturated carbocycles. The van der Waals surface area contributed by atoms with E-state index >= 15 is 0 Å². The molecule has 1 aromatic rings. The van der Waals surface area contributed by atoms with Gasteiger partial charge in [0.25, 0.3) is 0 Å². The monoisotopic (exact) mass is 341 g/mol. The Labute approximate surface area is 136 Å². The SMILES string of the molecule is CN(C)CCN(C(=O)Nc1cccc(O)c1)C1CCS(=O)(=O)C1. The summed E-state index contributed by atoms with van der Waals surface area (Å²) >= 11 is 0. The van der Waals surface area contributed by atoms with Gasteiger partial charge in [-0.15, -0.1) is 0 Å². The summed E-state index contributed by atoms with van der Waals surface area (Å²) in [6.45, 7) is 1.09. The molecule has 1 heterocycles. The summed E-state index contributed by atoms with van der Waals surface area (Å²) in [5, 5.41) is 12.2. The molecule has 0 bridgehead atoms. The Morgan fingerprint density at radius 3 is 2.65 bits per heavy atom. The molecule has 2 N–H and O–H groups in total. The Morgan fingerprint density at radius 1 is 1.35 bits per heavy atom. The highest BCUT2D eigenvalue weighted by Crippen LogP contribution is 2.20. The summed E-state index contributed by atoms with van der Waals surface area (Å²) in [5.74, 6) is 0.190. The quantitative estimate of drug-likeness (QED) is 0.833. The molecule has 7 nitrogen and oxygen atoms in total. The Bertz CT molecular complexity index is 660. The maximum atomic E-state index is 12.6. The Kier molecular flexibility index (Phi) is 5.48. The van der Waals surface area contributed by atoms with Gasteiger partial charge < -0.3 is 20.2 Å². The van der Waals surface area contributed by atoms with Crippen LogP contribution in [0.3, 0.4) is 0 Å². The number of nitrogens with zero attached hydrogens (tertiary/aromatic N) is 2. The van der Waals surface area contributed by atoms with E-state index in [4.69, 9.17) is 0 Å². The van der Waals surface area contributed by atoms with Gasteiger partial charge in [-0.3, -0.25) is 0 Å². The van der Waals surface area contributed by atoms with E-state index in [0.717, 1.165) is 0 Å². The maximum Gasteiger partial charge on any atom is 0.322 e. The van der Waals surface area contributed by atoms with E-state index in [1.165, 1.54) is 12.1 Å². The Morgan fingerprint density at radius 2 is 2.09 bits per heavy atom. The van der Waals surface area contributed by atoms with Gasteiger partial charge in [-0.1, -0.05) is 6.07 Å². The van der Waals surface area contributed by atoms with Gasteiger partial charge in [0.05, 0.1) is 11.5 Å². The van der Waals surface area contributed by atoms with Gasteiger partial charge in [0.1, 0.15) is 5.75 Å². The van der Waals surface area contributed by atoms with Crippen LogP contribution in [0.2, 0.25) is 0 Å². The van der Waals surface area contributed by atoms with E-state index < -0.39 is 9.84 Å². The van der Waals surface area contributed by atoms with Crippen LogP contribution < -0.4 is 5.32 Å². The van der Waals surface area contributed by atoms with Crippen LogP contribution in [0.15, 0.2) is 24.3 Å². The Hall–Kier alpha value is -1.80. The number of anilines is 1. The van der Waals surface area contributed by atoms with Crippen LogP contribution in [-0.4, -0.2) is 74.1 Å². The zero-order chi connectivity index (χ0) is 17.0. The van der Waals surface area contributed by atoms with Crippen LogP contribution in [0.25, 0.3) is 0 Å². The molecule has 23 heavy (non-hydrogen) atoms. The summed E-state index contributed by atoms with van der Waals surface area (Å²) in [6.07, 6.45) is 0.462. The fourth-order valence-electron chi connectivity index (χ4n) is 2.56. The minimum atomic E-state index is -3.07. The summed E-state index contributed by atoms with van der Waals surface area (Å²) in [4.78, 5) is 16.1. The minimum Gasteiger partial charge on any atom is -0.508 e. The molecular weight excluding hydrogens is 318 g/mol. The van der Waals surface area contributed by atoms with Crippen molar-refractivity contribution >= 4 is 21.6 Å². The van der Waals surface area contributed by atoms with Gasteiger partial charge in [-0.05, 0) is 32.6 Å². The van der Waals surface area contributed by atoms with Crippen LogP contribution >= 0.6 is 0 Å². The molecule has 1 saturated heterocycles. The van der Waals surface area contributed by atoms with E-state index in [1.54, 1.807) is 17.0 Å². The molecule has 1 aliphatic heterocycles. The number of likely N-dealkylation sites (N-methyl/N-ethyl adjacent to an activating group) is 1. The van der Waals surface area contributed by atoms with Crippen LogP contribution in [0.1, 0.15) is 6.42 Å².